The standard InChI is InChI=1S/C16H12ClN5O/c17-13-6-7-15(20-21-19)14(10-13)16(23)22(9-8-18)11-12-4-2-1-3-5-12/h1-7,10H,9,11H2. The quantitative estimate of drug-likeness (QED) is 0.351. The minimum Gasteiger partial charge on any atom is -0.321 e. The van der Waals surface area contributed by atoms with Crippen molar-refractivity contribution in [1.82, 2.24) is 4.90 Å². The van der Waals surface area contributed by atoms with Crippen LogP contribution in [0.2, 0.25) is 5.02 Å². The number of azide groups is 1. The van der Waals surface area contributed by atoms with Gasteiger partial charge in [-0.3, -0.25) is 4.79 Å². The summed E-state index contributed by atoms with van der Waals surface area (Å²) in [7, 11) is 0. The number of amides is 1. The number of hydrogen-bond donors (Lipinski definition) is 0. The molecule has 0 N–H and O–H groups in total. The highest BCUT2D eigenvalue weighted by Crippen LogP contribution is 2.25. The molecule has 0 saturated carbocycles. The van der Waals surface area contributed by atoms with Crippen molar-refractivity contribution in [2.75, 3.05) is 6.54 Å². The van der Waals surface area contributed by atoms with Crippen LogP contribution in [0, 0.1) is 11.3 Å². The molecule has 0 fully saturated rings. The van der Waals surface area contributed by atoms with Crippen LogP contribution in [0.3, 0.4) is 0 Å². The van der Waals surface area contributed by atoms with Gasteiger partial charge < -0.3 is 4.90 Å². The highest BCUT2D eigenvalue weighted by Gasteiger charge is 2.19. The summed E-state index contributed by atoms with van der Waals surface area (Å²) in [4.78, 5) is 16.8. The fraction of sp³-hybridized carbons (Fsp3) is 0.125. The maximum Gasteiger partial charge on any atom is 0.255 e. The lowest BCUT2D eigenvalue weighted by Gasteiger charge is -2.20. The number of carbonyl (C=O) groups is 1. The van der Waals surface area contributed by atoms with Gasteiger partial charge in [-0.2, -0.15) is 5.26 Å². The van der Waals surface area contributed by atoms with Gasteiger partial charge in [-0.1, -0.05) is 53.1 Å². The number of benzene rings is 2. The highest BCUT2D eigenvalue weighted by atomic mass is 35.5. The summed E-state index contributed by atoms with van der Waals surface area (Å²) in [6, 6.07) is 15.7. The monoisotopic (exact) mass is 325 g/mol. The van der Waals surface area contributed by atoms with Gasteiger partial charge in [0.25, 0.3) is 5.91 Å². The molecule has 2 aromatic carbocycles. The Bertz CT molecular complexity index is 794. The second-order valence-corrected chi connectivity index (χ2v) is 5.09. The number of nitrogens with zero attached hydrogens (tertiary/aromatic N) is 5. The van der Waals surface area contributed by atoms with Crippen LogP contribution < -0.4 is 0 Å². The van der Waals surface area contributed by atoms with Crippen LogP contribution in [0.4, 0.5) is 5.69 Å². The first-order chi connectivity index (χ1) is 11.2. The van der Waals surface area contributed by atoms with E-state index in [0.29, 0.717) is 5.02 Å². The van der Waals surface area contributed by atoms with Gasteiger partial charge in [-0.15, -0.1) is 0 Å². The molecule has 0 aromatic heterocycles. The van der Waals surface area contributed by atoms with Crippen molar-refractivity contribution < 1.29 is 4.79 Å². The Morgan fingerprint density at radius 3 is 2.70 bits per heavy atom. The zero-order chi connectivity index (χ0) is 16.7. The summed E-state index contributed by atoms with van der Waals surface area (Å²) < 4.78 is 0. The van der Waals surface area contributed by atoms with Crippen LogP contribution in [0.15, 0.2) is 53.6 Å². The predicted octanol–water partition coefficient (Wildman–Crippen LogP) is 4.45. The molecule has 7 heteroatoms. The second kappa shape index (κ2) is 7.85. The van der Waals surface area contributed by atoms with Gasteiger partial charge in [-0.05, 0) is 23.2 Å². The summed E-state index contributed by atoms with van der Waals surface area (Å²) in [6.07, 6.45) is 0. The van der Waals surface area contributed by atoms with E-state index in [2.05, 4.69) is 10.0 Å². The molecule has 114 valence electrons. The van der Waals surface area contributed by atoms with E-state index in [-0.39, 0.29) is 24.3 Å². The molecule has 0 unspecified atom stereocenters. The first-order valence-corrected chi connectivity index (χ1v) is 7.08. The van der Waals surface area contributed by atoms with E-state index >= 15 is 0 Å². The third-order valence-electron chi connectivity index (χ3n) is 3.11. The third-order valence-corrected chi connectivity index (χ3v) is 3.34. The van der Waals surface area contributed by atoms with Gasteiger partial charge >= 0.3 is 0 Å². The molecule has 23 heavy (non-hydrogen) atoms. The van der Waals surface area contributed by atoms with E-state index in [9.17, 15) is 4.79 Å². The van der Waals surface area contributed by atoms with E-state index in [1.54, 1.807) is 0 Å². The van der Waals surface area contributed by atoms with Gasteiger partial charge in [0.05, 0.1) is 17.3 Å². The van der Waals surface area contributed by atoms with E-state index in [0.717, 1.165) is 5.56 Å². The zero-order valence-corrected chi connectivity index (χ0v) is 12.8. The van der Waals surface area contributed by atoms with Gasteiger partial charge in [0, 0.05) is 16.5 Å². The van der Waals surface area contributed by atoms with Crippen LogP contribution >= 0.6 is 11.6 Å². The Morgan fingerprint density at radius 2 is 2.04 bits per heavy atom. The first kappa shape index (κ1) is 16.4. The Kier molecular flexibility index (Phi) is 5.59. The van der Waals surface area contributed by atoms with Gasteiger partial charge in [0.1, 0.15) is 6.54 Å². The highest BCUT2D eigenvalue weighted by molar-refractivity contribution is 6.31. The SMILES string of the molecule is N#CCN(Cc1ccccc1)C(=O)c1cc(Cl)ccc1N=[N+]=[N-]. The molecule has 0 aliphatic carbocycles. The lowest BCUT2D eigenvalue weighted by atomic mass is 10.1. The maximum absolute atomic E-state index is 12.7. The fourth-order valence-corrected chi connectivity index (χ4v) is 2.25. The Labute approximate surface area is 138 Å². The van der Waals surface area contributed by atoms with Crippen LogP contribution in [-0.2, 0) is 6.54 Å². The van der Waals surface area contributed by atoms with Gasteiger partial charge in [-0.25, -0.2) is 0 Å². The molecule has 0 atom stereocenters. The molecule has 6 nitrogen and oxygen atoms in total. The van der Waals surface area contributed by atoms with Crippen molar-refractivity contribution >= 4 is 23.2 Å². The van der Waals surface area contributed by atoms with Crippen LogP contribution in [0.5, 0.6) is 0 Å². The van der Waals surface area contributed by atoms with Crippen molar-refractivity contribution in [3.63, 3.8) is 0 Å². The third kappa shape index (κ3) is 4.24. The molecular weight excluding hydrogens is 314 g/mol. The number of halogens is 1. The summed E-state index contributed by atoms with van der Waals surface area (Å²) in [5.74, 6) is -0.416. The molecule has 0 saturated heterocycles. The van der Waals surface area contributed by atoms with Crippen LogP contribution in [0.1, 0.15) is 15.9 Å². The van der Waals surface area contributed by atoms with Crippen LogP contribution in [-0.4, -0.2) is 17.4 Å². The average molecular weight is 326 g/mol. The minimum atomic E-state index is -0.416. The van der Waals surface area contributed by atoms with Crippen molar-refractivity contribution in [3.8, 4) is 6.07 Å². The largest absolute Gasteiger partial charge is 0.321 e. The summed E-state index contributed by atoms with van der Waals surface area (Å²) >= 11 is 5.93. The molecule has 1 amide bonds. The lowest BCUT2D eigenvalue weighted by molar-refractivity contribution is 0.0766. The molecular formula is C16H12ClN5O. The van der Waals surface area contributed by atoms with E-state index < -0.39 is 5.91 Å². The second-order valence-electron chi connectivity index (χ2n) is 4.66. The van der Waals surface area contributed by atoms with Gasteiger partial charge in [0.15, 0.2) is 0 Å². The molecule has 0 bridgehead atoms. The number of rotatable bonds is 5. The van der Waals surface area contributed by atoms with Crippen molar-refractivity contribution in [1.29, 1.82) is 5.26 Å². The number of hydrogen-bond acceptors (Lipinski definition) is 3. The molecule has 0 aliphatic rings. The van der Waals surface area contributed by atoms with Crippen molar-refractivity contribution in [3.05, 3.63) is 75.1 Å². The van der Waals surface area contributed by atoms with E-state index in [1.807, 2.05) is 36.4 Å². The van der Waals surface area contributed by atoms with E-state index in [4.69, 9.17) is 22.4 Å². The zero-order valence-electron chi connectivity index (χ0n) is 12.1. The number of nitriles is 1. The van der Waals surface area contributed by atoms with Crippen molar-refractivity contribution in [2.24, 2.45) is 5.11 Å². The van der Waals surface area contributed by atoms with Crippen LogP contribution in [0.25, 0.3) is 10.4 Å². The molecule has 0 heterocycles. The summed E-state index contributed by atoms with van der Waals surface area (Å²) in [5.41, 5.74) is 9.86. The topological polar surface area (TPSA) is 92.9 Å². The Hall–Kier alpha value is -3.00. The molecule has 0 aliphatic heterocycles. The van der Waals surface area contributed by atoms with Gasteiger partial charge in [0.2, 0.25) is 0 Å². The number of carbonyl (C=O) groups excluding carboxylic acids is 1. The van der Waals surface area contributed by atoms with Crippen molar-refractivity contribution in [2.45, 2.75) is 6.54 Å². The summed E-state index contributed by atoms with van der Waals surface area (Å²) in [6.45, 7) is 0.186. The average Bonchev–Trinajstić information content (AvgIpc) is 2.56. The minimum absolute atomic E-state index is 0.0874. The van der Waals surface area contributed by atoms with E-state index in [1.165, 1.54) is 23.1 Å². The maximum atomic E-state index is 12.7. The first-order valence-electron chi connectivity index (χ1n) is 6.70. The Morgan fingerprint density at radius 1 is 1.30 bits per heavy atom. The lowest BCUT2D eigenvalue weighted by Crippen LogP contribution is -2.31. The molecule has 2 rings (SSSR count). The summed E-state index contributed by atoms with van der Waals surface area (Å²) in [5, 5.41) is 12.8. The molecule has 0 spiro atoms. The molecule has 2 aromatic rings. The Balaban J connectivity index is 2.36. The molecule has 0 radical (unpaired) electrons. The normalized spacial score (nSPS) is 9.57. The predicted molar refractivity (Wildman–Crippen MR) is 87.1 cm³/mol. The smallest absolute Gasteiger partial charge is 0.255 e. The fourth-order valence-electron chi connectivity index (χ4n) is 2.07.